The molecular formula is C17H19ClN2O2S. The van der Waals surface area contributed by atoms with Gasteiger partial charge in [-0.1, -0.05) is 17.7 Å². The number of ketones is 1. The number of carbonyl (C=O) groups excluding carboxylic acids is 2. The van der Waals surface area contributed by atoms with E-state index >= 15 is 0 Å². The summed E-state index contributed by atoms with van der Waals surface area (Å²) < 4.78 is 0. The molecule has 1 aromatic carbocycles. The highest BCUT2D eigenvalue weighted by atomic mass is 35.5. The van der Waals surface area contributed by atoms with E-state index in [1.54, 1.807) is 6.08 Å². The summed E-state index contributed by atoms with van der Waals surface area (Å²) in [6, 6.07) is 6.29. The molecule has 4 nitrogen and oxygen atoms in total. The zero-order valence-electron chi connectivity index (χ0n) is 13.2. The number of thioether (sulfide) groups is 1. The predicted octanol–water partition coefficient (Wildman–Crippen LogP) is 3.05. The van der Waals surface area contributed by atoms with Gasteiger partial charge in [-0.15, -0.1) is 0 Å². The van der Waals surface area contributed by atoms with E-state index in [2.05, 4.69) is 23.9 Å². The molecular weight excluding hydrogens is 332 g/mol. The quantitative estimate of drug-likeness (QED) is 0.619. The molecule has 2 fully saturated rings. The molecule has 0 amide bonds. The van der Waals surface area contributed by atoms with Crippen molar-refractivity contribution in [3.63, 3.8) is 0 Å². The molecule has 0 bridgehead atoms. The van der Waals surface area contributed by atoms with E-state index < -0.39 is 0 Å². The summed E-state index contributed by atoms with van der Waals surface area (Å²) in [7, 11) is 4.18. The Kier molecular flexibility index (Phi) is 4.80. The molecule has 3 rings (SSSR count). The summed E-state index contributed by atoms with van der Waals surface area (Å²) in [5, 5.41) is 0.514. The maximum absolute atomic E-state index is 11.9. The van der Waals surface area contributed by atoms with Crippen LogP contribution in [-0.2, 0) is 9.59 Å². The molecule has 0 radical (unpaired) electrons. The van der Waals surface area contributed by atoms with Gasteiger partial charge in [0.15, 0.2) is 5.78 Å². The molecule has 1 aromatic rings. The summed E-state index contributed by atoms with van der Waals surface area (Å²) in [6.07, 6.45) is 2.86. The van der Waals surface area contributed by atoms with Crippen molar-refractivity contribution in [3.05, 3.63) is 33.7 Å². The van der Waals surface area contributed by atoms with Crippen LogP contribution >= 0.6 is 23.4 Å². The molecule has 0 aromatic heterocycles. The average molecular weight is 351 g/mol. The van der Waals surface area contributed by atoms with Gasteiger partial charge in [-0.05, 0) is 50.5 Å². The number of benzene rings is 1. The fourth-order valence-electron chi connectivity index (χ4n) is 3.00. The molecule has 2 aliphatic heterocycles. The highest BCUT2D eigenvalue weighted by Crippen LogP contribution is 2.37. The molecule has 0 saturated carbocycles. The van der Waals surface area contributed by atoms with E-state index in [1.165, 1.54) is 0 Å². The summed E-state index contributed by atoms with van der Waals surface area (Å²) in [6.45, 7) is 1.89. The van der Waals surface area contributed by atoms with E-state index in [4.69, 9.17) is 11.6 Å². The topological polar surface area (TPSA) is 40.6 Å². The number of halogens is 1. The number of hydrogen-bond acceptors (Lipinski definition) is 5. The fourth-order valence-corrected chi connectivity index (χ4v) is 4.04. The molecule has 122 valence electrons. The smallest absolute Gasteiger partial charge is 0.201 e. The molecule has 0 N–H and O–H groups in total. The summed E-state index contributed by atoms with van der Waals surface area (Å²) in [5.74, 6) is -0.113. The molecule has 0 aliphatic carbocycles. The van der Waals surface area contributed by atoms with Gasteiger partial charge in [0.2, 0.25) is 5.12 Å². The predicted molar refractivity (Wildman–Crippen MR) is 96.0 cm³/mol. The monoisotopic (exact) mass is 350 g/mol. The van der Waals surface area contributed by atoms with E-state index in [-0.39, 0.29) is 17.3 Å². The largest absolute Gasteiger partial charge is 0.369 e. The van der Waals surface area contributed by atoms with Crippen LogP contribution in [0.5, 0.6) is 0 Å². The van der Waals surface area contributed by atoms with Crippen molar-refractivity contribution in [3.8, 4) is 0 Å². The lowest BCUT2D eigenvalue weighted by molar-refractivity contribution is -0.119. The number of rotatable bonds is 3. The van der Waals surface area contributed by atoms with Crippen LogP contribution in [0.25, 0.3) is 6.08 Å². The Labute approximate surface area is 145 Å². The second-order valence-corrected chi connectivity index (χ2v) is 7.61. The van der Waals surface area contributed by atoms with Crippen LogP contribution in [0.15, 0.2) is 23.1 Å². The van der Waals surface area contributed by atoms with Crippen LogP contribution in [-0.4, -0.2) is 49.0 Å². The highest BCUT2D eigenvalue weighted by molar-refractivity contribution is 8.18. The Balaban J connectivity index is 1.94. The first-order valence-electron chi connectivity index (χ1n) is 7.61. The van der Waals surface area contributed by atoms with Crippen molar-refractivity contribution in [2.45, 2.75) is 18.9 Å². The first kappa shape index (κ1) is 16.6. The van der Waals surface area contributed by atoms with Crippen molar-refractivity contribution in [2.24, 2.45) is 0 Å². The SMILES string of the molecule is CN(C)[C@H]1CCN(c2cccc(Cl)c2C=C2SC(=O)CC2=O)C1. The van der Waals surface area contributed by atoms with Gasteiger partial charge in [-0.25, -0.2) is 0 Å². The minimum Gasteiger partial charge on any atom is -0.369 e. The van der Waals surface area contributed by atoms with E-state index in [1.807, 2.05) is 18.2 Å². The van der Waals surface area contributed by atoms with Crippen molar-refractivity contribution < 1.29 is 9.59 Å². The normalized spacial score (nSPS) is 23.6. The summed E-state index contributed by atoms with van der Waals surface area (Å²) >= 11 is 7.40. The first-order chi connectivity index (χ1) is 11.0. The van der Waals surface area contributed by atoms with Crippen molar-refractivity contribution >= 4 is 46.0 Å². The Bertz CT molecular complexity index is 687. The number of likely N-dealkylation sites (N-methyl/N-ethyl adjacent to an activating group) is 1. The van der Waals surface area contributed by atoms with Gasteiger partial charge in [0.25, 0.3) is 0 Å². The van der Waals surface area contributed by atoms with Crippen LogP contribution in [0, 0.1) is 0 Å². The van der Waals surface area contributed by atoms with Gasteiger partial charge in [0.05, 0.1) is 11.3 Å². The number of hydrogen-bond donors (Lipinski definition) is 0. The van der Waals surface area contributed by atoms with Gasteiger partial charge >= 0.3 is 0 Å². The number of allylic oxidation sites excluding steroid dienone is 1. The van der Waals surface area contributed by atoms with Gasteiger partial charge in [0, 0.05) is 35.4 Å². The number of anilines is 1. The van der Waals surface area contributed by atoms with Crippen molar-refractivity contribution in [1.82, 2.24) is 4.90 Å². The standard InChI is InChI=1S/C17H19ClN2O2S/c1-19(2)11-6-7-20(10-11)14-5-3-4-13(18)12(14)8-16-15(21)9-17(22)23-16/h3-5,8,11H,6-7,9-10H2,1-2H3/t11-/m0/s1. The minimum absolute atomic E-state index is 0.0112. The second kappa shape index (κ2) is 6.67. The van der Waals surface area contributed by atoms with Crippen LogP contribution in [0.4, 0.5) is 5.69 Å². The van der Waals surface area contributed by atoms with Crippen LogP contribution in [0.2, 0.25) is 5.02 Å². The Morgan fingerprint density at radius 3 is 2.74 bits per heavy atom. The molecule has 23 heavy (non-hydrogen) atoms. The third kappa shape index (κ3) is 3.47. The molecule has 2 saturated heterocycles. The van der Waals surface area contributed by atoms with Gasteiger partial charge in [-0.2, -0.15) is 0 Å². The molecule has 1 atom stereocenters. The minimum atomic E-state index is -0.113. The van der Waals surface area contributed by atoms with Gasteiger partial charge in [0.1, 0.15) is 0 Å². The molecule has 0 unspecified atom stereocenters. The number of Topliss-reactive ketones (excluding diaryl/α,β-unsaturated/α-hetero) is 1. The average Bonchev–Trinajstić information content (AvgIpc) is 3.08. The Morgan fingerprint density at radius 2 is 2.13 bits per heavy atom. The Hall–Kier alpha value is -1.30. The Morgan fingerprint density at radius 1 is 1.35 bits per heavy atom. The van der Waals surface area contributed by atoms with Gasteiger partial charge in [-0.3, -0.25) is 9.59 Å². The molecule has 6 heteroatoms. The molecule has 2 heterocycles. The zero-order valence-corrected chi connectivity index (χ0v) is 14.8. The zero-order chi connectivity index (χ0) is 16.6. The van der Waals surface area contributed by atoms with Crippen LogP contribution < -0.4 is 4.90 Å². The summed E-state index contributed by atoms with van der Waals surface area (Å²) in [5.41, 5.74) is 1.86. The lowest BCUT2D eigenvalue weighted by Crippen LogP contribution is -2.31. The van der Waals surface area contributed by atoms with E-state index in [0.29, 0.717) is 16.0 Å². The number of nitrogens with zero attached hydrogens (tertiary/aromatic N) is 2. The van der Waals surface area contributed by atoms with Crippen molar-refractivity contribution in [1.29, 1.82) is 0 Å². The lowest BCUT2D eigenvalue weighted by atomic mass is 10.1. The van der Waals surface area contributed by atoms with E-state index in [9.17, 15) is 9.59 Å². The first-order valence-corrected chi connectivity index (χ1v) is 8.80. The summed E-state index contributed by atoms with van der Waals surface area (Å²) in [4.78, 5) is 28.4. The third-order valence-corrected chi connectivity index (χ3v) is 5.61. The van der Waals surface area contributed by atoms with E-state index in [0.717, 1.165) is 42.5 Å². The van der Waals surface area contributed by atoms with Crippen LogP contribution in [0.1, 0.15) is 18.4 Å². The third-order valence-electron chi connectivity index (χ3n) is 4.34. The second-order valence-electron chi connectivity index (χ2n) is 6.11. The van der Waals surface area contributed by atoms with Crippen LogP contribution in [0.3, 0.4) is 0 Å². The number of carbonyl (C=O) groups is 2. The highest BCUT2D eigenvalue weighted by Gasteiger charge is 2.28. The fraction of sp³-hybridized carbons (Fsp3) is 0.412. The maximum Gasteiger partial charge on any atom is 0.201 e. The molecule has 2 aliphatic rings. The maximum atomic E-state index is 11.9. The molecule has 0 spiro atoms. The van der Waals surface area contributed by atoms with Crippen molar-refractivity contribution in [2.75, 3.05) is 32.1 Å². The van der Waals surface area contributed by atoms with Gasteiger partial charge < -0.3 is 9.80 Å². The lowest BCUT2D eigenvalue weighted by Gasteiger charge is -2.24.